The first-order valence-electron chi connectivity index (χ1n) is 6.03. The fourth-order valence-electron chi connectivity index (χ4n) is 1.35. The molecule has 0 fully saturated rings. The van der Waals surface area contributed by atoms with Gasteiger partial charge in [0.2, 0.25) is 0 Å². The highest BCUT2D eigenvalue weighted by Crippen LogP contribution is 2.23. The van der Waals surface area contributed by atoms with Crippen molar-refractivity contribution in [2.45, 2.75) is 64.8 Å². The Morgan fingerprint density at radius 1 is 1.21 bits per heavy atom. The largest absolute Gasteiger partial charge is 0.444 e. The summed E-state index contributed by atoms with van der Waals surface area (Å²) in [5.74, 6) is -0.648. The van der Waals surface area contributed by atoms with Crippen molar-refractivity contribution in [3.05, 3.63) is 0 Å². The average Bonchev–Trinajstić information content (AvgIpc) is 2.11. The highest BCUT2D eigenvalue weighted by Gasteiger charge is 2.36. The number of ketones is 1. The van der Waals surface area contributed by atoms with Crippen LogP contribution < -0.4 is 5.32 Å². The Labute approximate surface area is 110 Å². The summed E-state index contributed by atoms with van der Waals surface area (Å²) in [6.07, 6.45) is -6.53. The Hall–Kier alpha value is -1.27. The van der Waals surface area contributed by atoms with E-state index >= 15 is 0 Å². The fraction of sp³-hybridized carbons (Fsp3) is 0.833. The predicted molar refractivity (Wildman–Crippen MR) is 63.7 cm³/mol. The molecule has 1 atom stereocenters. The maximum absolute atomic E-state index is 12.4. The topological polar surface area (TPSA) is 55.4 Å². The number of hydrogen-bond acceptors (Lipinski definition) is 3. The molecule has 0 spiro atoms. The van der Waals surface area contributed by atoms with Gasteiger partial charge in [-0.25, -0.2) is 4.79 Å². The SMILES string of the molecule is CCCC(=O)C(CC(F)(F)F)NC(=O)OC(C)(C)C. The number of nitrogens with one attached hydrogen (secondary N) is 1. The molecule has 0 aliphatic rings. The van der Waals surface area contributed by atoms with E-state index in [0.29, 0.717) is 6.42 Å². The standard InChI is InChI=1S/C12H20F3NO3/c1-5-6-9(17)8(7-12(13,14)15)16-10(18)19-11(2,3)4/h8H,5-7H2,1-4H3,(H,16,18). The minimum atomic E-state index is -4.52. The van der Waals surface area contributed by atoms with Gasteiger partial charge >= 0.3 is 12.3 Å². The molecule has 0 rings (SSSR count). The highest BCUT2D eigenvalue weighted by atomic mass is 19.4. The molecule has 19 heavy (non-hydrogen) atoms. The van der Waals surface area contributed by atoms with Gasteiger partial charge in [-0.05, 0) is 27.2 Å². The van der Waals surface area contributed by atoms with Gasteiger partial charge in [-0.15, -0.1) is 0 Å². The molecular weight excluding hydrogens is 263 g/mol. The Kier molecular flexibility index (Phi) is 6.32. The number of ether oxygens (including phenoxy) is 1. The van der Waals surface area contributed by atoms with Gasteiger partial charge in [0.1, 0.15) is 5.60 Å². The normalized spacial score (nSPS) is 13.8. The van der Waals surface area contributed by atoms with Gasteiger partial charge in [-0.2, -0.15) is 13.2 Å². The first-order valence-corrected chi connectivity index (χ1v) is 6.03. The quantitative estimate of drug-likeness (QED) is 0.843. The summed E-state index contributed by atoms with van der Waals surface area (Å²) in [6.45, 7) is 6.42. The van der Waals surface area contributed by atoms with Gasteiger partial charge in [0.05, 0.1) is 12.5 Å². The van der Waals surface area contributed by atoms with Gasteiger partial charge < -0.3 is 10.1 Å². The van der Waals surface area contributed by atoms with Crippen LogP contribution in [0.15, 0.2) is 0 Å². The summed E-state index contributed by atoms with van der Waals surface area (Å²) in [6, 6.07) is -1.59. The second-order valence-corrected chi connectivity index (χ2v) is 5.23. The average molecular weight is 283 g/mol. The number of carbonyl (C=O) groups is 2. The van der Waals surface area contributed by atoms with Crippen molar-refractivity contribution in [3.8, 4) is 0 Å². The second kappa shape index (κ2) is 6.77. The van der Waals surface area contributed by atoms with Crippen molar-refractivity contribution in [2.75, 3.05) is 0 Å². The van der Waals surface area contributed by atoms with E-state index in [9.17, 15) is 22.8 Å². The lowest BCUT2D eigenvalue weighted by Gasteiger charge is -2.23. The zero-order valence-corrected chi connectivity index (χ0v) is 11.6. The van der Waals surface area contributed by atoms with Crippen molar-refractivity contribution in [3.63, 3.8) is 0 Å². The van der Waals surface area contributed by atoms with Gasteiger partial charge in [0.15, 0.2) is 5.78 Å². The lowest BCUT2D eigenvalue weighted by atomic mass is 10.1. The number of halogens is 3. The molecule has 0 radical (unpaired) electrons. The van der Waals surface area contributed by atoms with Crippen LogP contribution in [-0.4, -0.2) is 29.7 Å². The molecule has 0 aliphatic carbocycles. The summed E-state index contributed by atoms with van der Waals surface area (Å²) in [5.41, 5.74) is -0.833. The number of rotatable bonds is 5. The zero-order chi connectivity index (χ0) is 15.3. The van der Waals surface area contributed by atoms with E-state index in [1.807, 2.05) is 5.32 Å². The van der Waals surface area contributed by atoms with Crippen LogP contribution in [0.1, 0.15) is 47.0 Å². The van der Waals surface area contributed by atoms with Crippen molar-refractivity contribution in [1.82, 2.24) is 5.32 Å². The Morgan fingerprint density at radius 2 is 1.74 bits per heavy atom. The summed E-state index contributed by atoms with van der Waals surface area (Å²) in [5, 5.41) is 1.98. The van der Waals surface area contributed by atoms with E-state index < -0.39 is 36.1 Å². The minimum Gasteiger partial charge on any atom is -0.444 e. The van der Waals surface area contributed by atoms with E-state index in [-0.39, 0.29) is 6.42 Å². The molecule has 7 heteroatoms. The zero-order valence-electron chi connectivity index (χ0n) is 11.6. The van der Waals surface area contributed by atoms with Crippen LogP contribution in [0.25, 0.3) is 0 Å². The number of alkyl carbamates (subject to hydrolysis) is 1. The maximum Gasteiger partial charge on any atom is 0.408 e. The van der Waals surface area contributed by atoms with Crippen LogP contribution in [0.4, 0.5) is 18.0 Å². The van der Waals surface area contributed by atoms with E-state index in [0.717, 1.165) is 0 Å². The van der Waals surface area contributed by atoms with E-state index in [1.54, 1.807) is 27.7 Å². The van der Waals surface area contributed by atoms with Crippen molar-refractivity contribution in [1.29, 1.82) is 0 Å². The predicted octanol–water partition coefficient (Wildman–Crippen LogP) is 3.20. The first kappa shape index (κ1) is 17.7. The molecule has 0 bridgehead atoms. The smallest absolute Gasteiger partial charge is 0.408 e. The van der Waals surface area contributed by atoms with E-state index in [1.165, 1.54) is 0 Å². The van der Waals surface area contributed by atoms with Crippen LogP contribution in [0.3, 0.4) is 0 Å². The third kappa shape index (κ3) is 9.32. The van der Waals surface area contributed by atoms with Crippen LogP contribution in [0, 0.1) is 0 Å². The monoisotopic (exact) mass is 283 g/mol. The lowest BCUT2D eigenvalue weighted by Crippen LogP contribution is -2.45. The first-order chi connectivity index (χ1) is 8.44. The molecule has 0 aliphatic heterocycles. The summed E-state index contributed by atoms with van der Waals surface area (Å²) < 4.78 is 41.9. The highest BCUT2D eigenvalue weighted by molar-refractivity contribution is 5.87. The molecule has 1 amide bonds. The van der Waals surface area contributed by atoms with E-state index in [2.05, 4.69) is 0 Å². The molecule has 0 aromatic rings. The Balaban J connectivity index is 4.67. The Bertz CT molecular complexity index is 321. The molecule has 0 aromatic carbocycles. The van der Waals surface area contributed by atoms with Crippen LogP contribution in [0.5, 0.6) is 0 Å². The molecule has 0 heterocycles. The molecule has 0 saturated heterocycles. The lowest BCUT2D eigenvalue weighted by molar-refractivity contribution is -0.148. The van der Waals surface area contributed by atoms with Crippen molar-refractivity contribution in [2.24, 2.45) is 0 Å². The number of hydrogen-bond donors (Lipinski definition) is 1. The second-order valence-electron chi connectivity index (χ2n) is 5.23. The summed E-state index contributed by atoms with van der Waals surface area (Å²) in [7, 11) is 0. The number of amides is 1. The summed E-state index contributed by atoms with van der Waals surface area (Å²) in [4.78, 5) is 23.0. The van der Waals surface area contributed by atoms with Crippen molar-refractivity contribution < 1.29 is 27.5 Å². The Morgan fingerprint density at radius 3 is 2.11 bits per heavy atom. The number of carbonyl (C=O) groups excluding carboxylic acids is 2. The van der Waals surface area contributed by atoms with Gasteiger partial charge in [0, 0.05) is 6.42 Å². The van der Waals surface area contributed by atoms with Crippen LogP contribution in [-0.2, 0) is 9.53 Å². The third-order valence-electron chi connectivity index (χ3n) is 2.01. The molecule has 4 nitrogen and oxygen atoms in total. The summed E-state index contributed by atoms with van der Waals surface area (Å²) >= 11 is 0. The number of alkyl halides is 3. The minimum absolute atomic E-state index is 0.0173. The fourth-order valence-corrected chi connectivity index (χ4v) is 1.35. The van der Waals surface area contributed by atoms with Gasteiger partial charge in [-0.3, -0.25) is 4.79 Å². The molecule has 0 saturated carbocycles. The molecule has 1 unspecified atom stereocenters. The van der Waals surface area contributed by atoms with E-state index in [4.69, 9.17) is 4.74 Å². The molecule has 1 N–H and O–H groups in total. The van der Waals surface area contributed by atoms with Crippen LogP contribution >= 0.6 is 0 Å². The van der Waals surface area contributed by atoms with Crippen LogP contribution in [0.2, 0.25) is 0 Å². The van der Waals surface area contributed by atoms with Gasteiger partial charge in [-0.1, -0.05) is 6.92 Å². The number of Topliss-reactive ketones (excluding diaryl/α,β-unsaturated/α-hetero) is 1. The van der Waals surface area contributed by atoms with Gasteiger partial charge in [0.25, 0.3) is 0 Å². The molecule has 0 aromatic heterocycles. The van der Waals surface area contributed by atoms with Crippen molar-refractivity contribution >= 4 is 11.9 Å². The maximum atomic E-state index is 12.4. The molecular formula is C12H20F3NO3. The third-order valence-corrected chi connectivity index (χ3v) is 2.01. The molecule has 112 valence electrons.